The number of hydrogen-bond acceptors (Lipinski definition) is 6. The molecule has 0 fully saturated rings. The van der Waals surface area contributed by atoms with Crippen molar-refractivity contribution < 1.29 is 4.42 Å². The van der Waals surface area contributed by atoms with E-state index in [0.29, 0.717) is 0 Å². The van der Waals surface area contributed by atoms with Crippen LogP contribution in [0.3, 0.4) is 0 Å². The fourth-order valence-electron chi connectivity index (χ4n) is 14.2. The summed E-state index contributed by atoms with van der Waals surface area (Å²) >= 11 is 5.73. The lowest BCUT2D eigenvalue weighted by molar-refractivity contribution is 0.654. The third-order valence-corrected chi connectivity index (χ3v) is 21.8. The van der Waals surface area contributed by atoms with Crippen molar-refractivity contribution in [1.29, 1.82) is 0 Å². The summed E-state index contributed by atoms with van der Waals surface area (Å²) in [5.41, 5.74) is 19.9. The molecule has 0 aliphatic heterocycles. The van der Waals surface area contributed by atoms with E-state index in [9.17, 15) is 0 Å². The van der Waals surface area contributed by atoms with Crippen LogP contribution in [0.4, 0.5) is 34.1 Å². The average molecular weight is 1130 g/mol. The summed E-state index contributed by atoms with van der Waals surface area (Å²) in [4.78, 5) is 4.76. The number of anilines is 6. The standard InChI is InChI=1S/C39H27NOS.C39H27NS2/c1-39(2)30-18-10-9-16-28(30)34-31(39)22-20-26-27-21-23-33-35(37(27)41-36(26)34)29-17-11-19-32(38(29)42-33)40(24-12-5-3-6-13-24)25-14-7-4-8-15-25;1-39(2)30-18-10-9-16-28(30)34-31(39)22-20-26-27-21-23-33-35(38(27)42-37(26)34)29-17-11-19-32(36(29)41-33)40(24-12-5-3-6-13-24)25-14-7-4-8-15-25/h2*3-23H,1-2H3. The predicted octanol–water partition coefficient (Wildman–Crippen LogP) is 23.9. The molecule has 84 heavy (non-hydrogen) atoms. The van der Waals surface area contributed by atoms with Crippen LogP contribution in [0.25, 0.3) is 105 Å². The first-order valence-corrected chi connectivity index (χ1v) is 31.4. The molecule has 16 aromatic rings. The van der Waals surface area contributed by atoms with Gasteiger partial charge < -0.3 is 14.2 Å². The molecular formula is C78H54N2OS3. The highest BCUT2D eigenvalue weighted by atomic mass is 32.1. The monoisotopic (exact) mass is 1130 g/mol. The number of nitrogens with zero attached hydrogens (tertiary/aromatic N) is 2. The molecule has 0 N–H and O–H groups in total. The molecule has 12 aromatic carbocycles. The summed E-state index contributed by atoms with van der Waals surface area (Å²) in [6, 6.07) is 92.6. The van der Waals surface area contributed by atoms with Crippen LogP contribution >= 0.6 is 34.0 Å². The molecule has 0 spiro atoms. The highest BCUT2D eigenvalue weighted by molar-refractivity contribution is 7.30. The molecule has 2 aliphatic rings. The molecule has 6 heteroatoms. The zero-order valence-electron chi connectivity index (χ0n) is 46.8. The van der Waals surface area contributed by atoms with E-state index in [2.05, 4.69) is 292 Å². The highest BCUT2D eigenvalue weighted by Gasteiger charge is 2.39. The van der Waals surface area contributed by atoms with Gasteiger partial charge in [-0.05, 0) is 112 Å². The lowest BCUT2D eigenvalue weighted by Crippen LogP contribution is -2.14. The Kier molecular flexibility index (Phi) is 10.9. The number of thiophene rings is 3. The summed E-state index contributed by atoms with van der Waals surface area (Å²) < 4.78 is 15.0. The Morgan fingerprint density at radius 2 is 0.690 bits per heavy atom. The summed E-state index contributed by atoms with van der Waals surface area (Å²) in [6.07, 6.45) is 0. The summed E-state index contributed by atoms with van der Waals surface area (Å²) in [5, 5.41) is 10.2. The molecule has 0 saturated heterocycles. The molecule has 0 atom stereocenters. The molecule has 0 saturated carbocycles. The van der Waals surface area contributed by atoms with Gasteiger partial charge in [-0.25, -0.2) is 0 Å². The zero-order valence-corrected chi connectivity index (χ0v) is 49.2. The van der Waals surface area contributed by atoms with E-state index >= 15 is 0 Å². The Labute approximate surface area is 499 Å². The Morgan fingerprint density at radius 3 is 1.23 bits per heavy atom. The van der Waals surface area contributed by atoms with Crippen molar-refractivity contribution in [3.8, 4) is 22.3 Å². The Balaban J connectivity index is 0.000000132. The number of furan rings is 1. The predicted molar refractivity (Wildman–Crippen MR) is 363 cm³/mol. The molecule has 400 valence electrons. The lowest BCUT2D eigenvalue weighted by Gasteiger charge is -2.25. The molecular weight excluding hydrogens is 1080 g/mol. The maximum Gasteiger partial charge on any atom is 0.144 e. The van der Waals surface area contributed by atoms with Crippen molar-refractivity contribution in [1.82, 2.24) is 0 Å². The Morgan fingerprint density at radius 1 is 0.286 bits per heavy atom. The molecule has 2 aliphatic carbocycles. The summed E-state index contributed by atoms with van der Waals surface area (Å²) in [5.74, 6) is 0. The lowest BCUT2D eigenvalue weighted by atomic mass is 9.82. The van der Waals surface area contributed by atoms with Crippen LogP contribution in [0.2, 0.25) is 0 Å². The molecule has 4 heterocycles. The molecule has 0 bridgehead atoms. The quantitative estimate of drug-likeness (QED) is 0.165. The minimum Gasteiger partial charge on any atom is -0.455 e. The first-order valence-electron chi connectivity index (χ1n) is 28.9. The van der Waals surface area contributed by atoms with E-state index in [4.69, 9.17) is 4.42 Å². The van der Waals surface area contributed by atoms with E-state index in [0.717, 1.165) is 33.9 Å². The van der Waals surface area contributed by atoms with Gasteiger partial charge in [0.15, 0.2) is 0 Å². The maximum atomic E-state index is 6.99. The fourth-order valence-corrected chi connectivity index (χ4v) is 18.1. The minimum absolute atomic E-state index is 0.00786. The van der Waals surface area contributed by atoms with Crippen molar-refractivity contribution in [2.45, 2.75) is 38.5 Å². The van der Waals surface area contributed by atoms with Gasteiger partial charge in [-0.2, -0.15) is 0 Å². The van der Waals surface area contributed by atoms with Gasteiger partial charge in [0.2, 0.25) is 0 Å². The summed E-state index contributed by atoms with van der Waals surface area (Å²) in [7, 11) is 0. The molecule has 4 aromatic heterocycles. The topological polar surface area (TPSA) is 19.6 Å². The Bertz CT molecular complexity index is 4910. The van der Waals surface area contributed by atoms with Crippen LogP contribution in [0.1, 0.15) is 49.9 Å². The van der Waals surface area contributed by atoms with Crippen LogP contribution in [-0.2, 0) is 10.8 Å². The van der Waals surface area contributed by atoms with Gasteiger partial charge in [0.1, 0.15) is 11.2 Å². The molecule has 0 radical (unpaired) electrons. The van der Waals surface area contributed by atoms with E-state index in [1.54, 1.807) is 0 Å². The third-order valence-electron chi connectivity index (χ3n) is 18.1. The zero-order chi connectivity index (χ0) is 56.0. The van der Waals surface area contributed by atoms with Crippen LogP contribution in [-0.4, -0.2) is 0 Å². The van der Waals surface area contributed by atoms with E-state index in [1.165, 1.54) is 127 Å². The van der Waals surface area contributed by atoms with Crippen molar-refractivity contribution in [2.24, 2.45) is 0 Å². The molecule has 18 rings (SSSR count). The minimum atomic E-state index is -0.0588. The second-order valence-corrected chi connectivity index (χ2v) is 26.6. The van der Waals surface area contributed by atoms with Crippen molar-refractivity contribution >= 4 is 151 Å². The van der Waals surface area contributed by atoms with Gasteiger partial charge in [-0.1, -0.05) is 204 Å². The molecule has 0 amide bonds. The van der Waals surface area contributed by atoms with Gasteiger partial charge in [-0.3, -0.25) is 0 Å². The number of benzene rings is 12. The number of hydrogen-bond donors (Lipinski definition) is 0. The van der Waals surface area contributed by atoms with Gasteiger partial charge in [0.25, 0.3) is 0 Å². The normalized spacial score (nSPS) is 13.7. The second-order valence-electron chi connectivity index (χ2n) is 23.4. The third kappa shape index (κ3) is 7.15. The number of fused-ring (bicyclic) bond motifs is 22. The van der Waals surface area contributed by atoms with Crippen LogP contribution < -0.4 is 9.80 Å². The second kappa shape index (κ2) is 18.6. The van der Waals surface area contributed by atoms with Gasteiger partial charge in [0.05, 0.1) is 20.8 Å². The number of para-hydroxylation sites is 4. The van der Waals surface area contributed by atoms with Crippen LogP contribution in [0, 0.1) is 0 Å². The Hall–Kier alpha value is -9.30. The largest absolute Gasteiger partial charge is 0.455 e. The van der Waals surface area contributed by atoms with Crippen molar-refractivity contribution in [3.05, 3.63) is 277 Å². The first-order chi connectivity index (χ1) is 41.2. The van der Waals surface area contributed by atoms with Crippen LogP contribution in [0.15, 0.2) is 259 Å². The maximum absolute atomic E-state index is 6.99. The van der Waals surface area contributed by atoms with Crippen molar-refractivity contribution in [2.75, 3.05) is 9.80 Å². The van der Waals surface area contributed by atoms with Gasteiger partial charge in [0, 0.05) is 107 Å². The van der Waals surface area contributed by atoms with Gasteiger partial charge in [-0.15, -0.1) is 34.0 Å². The van der Waals surface area contributed by atoms with E-state index in [-0.39, 0.29) is 10.8 Å². The number of rotatable bonds is 6. The molecule has 0 unspecified atom stereocenters. The smallest absolute Gasteiger partial charge is 0.144 e. The average Bonchev–Trinajstić information content (AvgIpc) is 1.76. The summed E-state index contributed by atoms with van der Waals surface area (Å²) in [6.45, 7) is 9.38. The highest BCUT2D eigenvalue weighted by Crippen LogP contribution is 2.57. The molecule has 3 nitrogen and oxygen atoms in total. The van der Waals surface area contributed by atoms with E-state index in [1.807, 2.05) is 34.0 Å². The van der Waals surface area contributed by atoms with Crippen LogP contribution in [0.5, 0.6) is 0 Å². The van der Waals surface area contributed by atoms with Gasteiger partial charge >= 0.3 is 0 Å². The first kappa shape index (κ1) is 49.3. The fraction of sp³-hybridized carbons (Fsp3) is 0.0769. The SMILES string of the molecule is CC1(C)c2ccccc2-c2c1ccc1c2oc2c1ccc1sc3c(N(c4ccccc4)c4ccccc4)cccc3c12.CC1(C)c2ccccc2-c2c1ccc1c2sc2c1ccc1sc3c(N(c4ccccc4)c4ccccc4)cccc3c12. The van der Waals surface area contributed by atoms with Crippen molar-refractivity contribution in [3.63, 3.8) is 0 Å². The van der Waals surface area contributed by atoms with E-state index < -0.39 is 0 Å².